The van der Waals surface area contributed by atoms with Crippen LogP contribution in [-0.2, 0) is 0 Å². The van der Waals surface area contributed by atoms with Gasteiger partial charge in [0, 0.05) is 13.1 Å². The third-order valence-corrected chi connectivity index (χ3v) is 5.26. The van der Waals surface area contributed by atoms with E-state index in [0.29, 0.717) is 0 Å². The Balaban J connectivity index is 1.69. The molecule has 1 N–H and O–H groups in total. The summed E-state index contributed by atoms with van der Waals surface area (Å²) >= 11 is 0. The van der Waals surface area contributed by atoms with Gasteiger partial charge in [0.1, 0.15) is 0 Å². The van der Waals surface area contributed by atoms with Gasteiger partial charge in [-0.15, -0.1) is 0 Å². The maximum absolute atomic E-state index is 10.4. The van der Waals surface area contributed by atoms with Crippen LogP contribution in [-0.4, -0.2) is 59.8 Å². The van der Waals surface area contributed by atoms with Crippen molar-refractivity contribution >= 4 is 0 Å². The summed E-state index contributed by atoms with van der Waals surface area (Å²) in [6.45, 7) is 11.4. The minimum absolute atomic E-state index is 0.457. The zero-order chi connectivity index (χ0) is 13.7. The minimum Gasteiger partial charge on any atom is -0.389 e. The van der Waals surface area contributed by atoms with Crippen LogP contribution in [0.1, 0.15) is 52.4 Å². The average Bonchev–Trinajstić information content (AvgIpc) is 2.94. The van der Waals surface area contributed by atoms with Crippen LogP contribution >= 0.6 is 0 Å². The Hall–Kier alpha value is -0.120. The van der Waals surface area contributed by atoms with Crippen molar-refractivity contribution in [3.63, 3.8) is 0 Å². The summed E-state index contributed by atoms with van der Waals surface area (Å²) in [6.07, 6.45) is 7.19. The number of nitrogens with zero attached hydrogens (tertiary/aromatic N) is 2. The second-order valence-corrected chi connectivity index (χ2v) is 6.66. The summed E-state index contributed by atoms with van der Waals surface area (Å²) in [7, 11) is 0. The molecule has 0 aromatic heterocycles. The highest BCUT2D eigenvalue weighted by Crippen LogP contribution is 2.23. The van der Waals surface area contributed by atoms with Gasteiger partial charge in [0.15, 0.2) is 0 Å². The van der Waals surface area contributed by atoms with E-state index >= 15 is 0 Å². The molecule has 0 aliphatic carbocycles. The van der Waals surface area contributed by atoms with E-state index in [1.165, 1.54) is 58.4 Å². The Morgan fingerprint density at radius 3 is 2.05 bits per heavy atom. The van der Waals surface area contributed by atoms with Crippen molar-refractivity contribution in [3.8, 4) is 0 Å². The maximum Gasteiger partial charge on any atom is 0.0768 e. The summed E-state index contributed by atoms with van der Waals surface area (Å²) in [6, 6.07) is 0. The van der Waals surface area contributed by atoms with Crippen LogP contribution in [0.15, 0.2) is 0 Å². The first-order valence-corrected chi connectivity index (χ1v) is 8.32. The number of likely N-dealkylation sites (tertiary alicyclic amines) is 2. The number of hydrogen-bond donors (Lipinski definition) is 1. The molecule has 0 aromatic carbocycles. The number of piperidine rings is 1. The largest absolute Gasteiger partial charge is 0.389 e. The molecule has 19 heavy (non-hydrogen) atoms. The molecule has 3 nitrogen and oxygen atoms in total. The molecule has 2 heterocycles. The first kappa shape index (κ1) is 15.3. The molecule has 2 aliphatic rings. The van der Waals surface area contributed by atoms with Gasteiger partial charge in [0.25, 0.3) is 0 Å². The molecule has 0 amide bonds. The van der Waals surface area contributed by atoms with E-state index in [1.807, 2.05) is 0 Å². The molecule has 2 saturated heterocycles. The van der Waals surface area contributed by atoms with Crippen molar-refractivity contribution in [2.24, 2.45) is 5.92 Å². The van der Waals surface area contributed by atoms with Crippen LogP contribution in [0.25, 0.3) is 0 Å². The van der Waals surface area contributed by atoms with E-state index in [4.69, 9.17) is 0 Å². The lowest BCUT2D eigenvalue weighted by Gasteiger charge is -2.38. The quantitative estimate of drug-likeness (QED) is 0.801. The summed E-state index contributed by atoms with van der Waals surface area (Å²) < 4.78 is 0. The SMILES string of the molecule is CCC(O)(CC)CN1CCC(CN2CCCC2)CC1. The molecule has 0 bridgehead atoms. The van der Waals surface area contributed by atoms with Crippen molar-refractivity contribution in [1.29, 1.82) is 0 Å². The molecular weight excluding hydrogens is 236 g/mol. The normalized spacial score (nSPS) is 24.2. The highest BCUT2D eigenvalue weighted by molar-refractivity contribution is 4.83. The Labute approximate surface area is 119 Å². The van der Waals surface area contributed by atoms with Gasteiger partial charge in [-0.1, -0.05) is 13.8 Å². The zero-order valence-electron chi connectivity index (χ0n) is 12.9. The fourth-order valence-electron chi connectivity index (χ4n) is 3.55. The van der Waals surface area contributed by atoms with E-state index < -0.39 is 5.60 Å². The summed E-state index contributed by atoms with van der Waals surface area (Å²) in [5.41, 5.74) is -0.457. The molecule has 0 radical (unpaired) electrons. The number of rotatable bonds is 6. The fourth-order valence-corrected chi connectivity index (χ4v) is 3.55. The standard InChI is InChI=1S/C16H32N2O/c1-3-16(19,4-2)14-18-11-7-15(8-12-18)13-17-9-5-6-10-17/h15,19H,3-14H2,1-2H3. The molecule has 0 spiro atoms. The van der Waals surface area contributed by atoms with Gasteiger partial charge in [-0.3, -0.25) is 0 Å². The lowest BCUT2D eigenvalue weighted by molar-refractivity contribution is -0.0126. The van der Waals surface area contributed by atoms with E-state index in [-0.39, 0.29) is 0 Å². The fraction of sp³-hybridized carbons (Fsp3) is 1.00. The van der Waals surface area contributed by atoms with E-state index in [2.05, 4.69) is 23.6 Å². The Morgan fingerprint density at radius 1 is 0.947 bits per heavy atom. The van der Waals surface area contributed by atoms with Crippen molar-refractivity contribution in [2.45, 2.75) is 58.0 Å². The lowest BCUT2D eigenvalue weighted by Crippen LogP contribution is -2.46. The number of aliphatic hydroxyl groups is 1. The smallest absolute Gasteiger partial charge is 0.0768 e. The average molecular weight is 268 g/mol. The number of hydrogen-bond acceptors (Lipinski definition) is 3. The van der Waals surface area contributed by atoms with Crippen molar-refractivity contribution in [1.82, 2.24) is 9.80 Å². The van der Waals surface area contributed by atoms with E-state index in [0.717, 1.165) is 25.3 Å². The van der Waals surface area contributed by atoms with Crippen molar-refractivity contribution in [3.05, 3.63) is 0 Å². The summed E-state index contributed by atoms with van der Waals surface area (Å²) in [5, 5.41) is 10.4. The van der Waals surface area contributed by atoms with Crippen molar-refractivity contribution < 1.29 is 5.11 Å². The van der Waals surface area contributed by atoms with E-state index in [1.54, 1.807) is 0 Å². The Kier molecular flexibility index (Phi) is 5.67. The second-order valence-electron chi connectivity index (χ2n) is 6.66. The first-order chi connectivity index (χ1) is 9.15. The van der Waals surface area contributed by atoms with Crippen LogP contribution in [0.5, 0.6) is 0 Å². The minimum atomic E-state index is -0.457. The van der Waals surface area contributed by atoms with Gasteiger partial charge in [-0.25, -0.2) is 0 Å². The van der Waals surface area contributed by atoms with E-state index in [9.17, 15) is 5.11 Å². The molecule has 2 rings (SSSR count). The third kappa shape index (κ3) is 4.44. The van der Waals surface area contributed by atoms with Gasteiger partial charge in [0.05, 0.1) is 5.60 Å². The Morgan fingerprint density at radius 2 is 1.53 bits per heavy atom. The van der Waals surface area contributed by atoms with Gasteiger partial charge in [-0.05, 0) is 70.6 Å². The molecule has 0 saturated carbocycles. The second kappa shape index (κ2) is 7.05. The van der Waals surface area contributed by atoms with Gasteiger partial charge in [-0.2, -0.15) is 0 Å². The summed E-state index contributed by atoms with van der Waals surface area (Å²) in [4.78, 5) is 5.13. The van der Waals surface area contributed by atoms with Crippen LogP contribution in [0.3, 0.4) is 0 Å². The van der Waals surface area contributed by atoms with Crippen LogP contribution in [0, 0.1) is 5.92 Å². The van der Waals surface area contributed by atoms with Gasteiger partial charge < -0.3 is 14.9 Å². The number of β-amino-alcohol motifs (C(OH)–C–C–N with tert-alkyl or cyclic N) is 1. The summed E-state index contributed by atoms with van der Waals surface area (Å²) in [5.74, 6) is 0.894. The monoisotopic (exact) mass is 268 g/mol. The molecular formula is C16H32N2O. The predicted octanol–water partition coefficient (Wildman–Crippen LogP) is 2.35. The van der Waals surface area contributed by atoms with Crippen LogP contribution < -0.4 is 0 Å². The molecule has 0 unspecified atom stereocenters. The molecule has 112 valence electrons. The maximum atomic E-state index is 10.4. The molecule has 0 aromatic rings. The van der Waals surface area contributed by atoms with Crippen LogP contribution in [0.4, 0.5) is 0 Å². The van der Waals surface area contributed by atoms with Crippen molar-refractivity contribution in [2.75, 3.05) is 39.3 Å². The van der Waals surface area contributed by atoms with Crippen LogP contribution in [0.2, 0.25) is 0 Å². The molecule has 2 aliphatic heterocycles. The molecule has 3 heteroatoms. The predicted molar refractivity (Wildman–Crippen MR) is 80.4 cm³/mol. The third-order valence-electron chi connectivity index (χ3n) is 5.26. The first-order valence-electron chi connectivity index (χ1n) is 8.32. The Bertz CT molecular complexity index is 251. The lowest BCUT2D eigenvalue weighted by atomic mass is 9.92. The zero-order valence-corrected chi connectivity index (χ0v) is 12.9. The van der Waals surface area contributed by atoms with Gasteiger partial charge in [0.2, 0.25) is 0 Å². The topological polar surface area (TPSA) is 26.7 Å². The highest BCUT2D eigenvalue weighted by Gasteiger charge is 2.29. The molecule has 0 atom stereocenters. The highest BCUT2D eigenvalue weighted by atomic mass is 16.3. The van der Waals surface area contributed by atoms with Gasteiger partial charge >= 0.3 is 0 Å². The molecule has 2 fully saturated rings.